The Labute approximate surface area is 99.2 Å². The van der Waals surface area contributed by atoms with Gasteiger partial charge in [-0.05, 0) is 6.42 Å². The fourth-order valence-electron chi connectivity index (χ4n) is 1.92. The highest BCUT2D eigenvalue weighted by Crippen LogP contribution is 2.00. The van der Waals surface area contributed by atoms with Crippen LogP contribution >= 0.6 is 0 Å². The molecule has 1 rings (SSSR count). The zero-order chi connectivity index (χ0) is 11.6. The van der Waals surface area contributed by atoms with E-state index in [1.54, 1.807) is 0 Å². The van der Waals surface area contributed by atoms with E-state index < -0.39 is 0 Å². The predicted molar refractivity (Wildman–Crippen MR) is 65.7 cm³/mol. The summed E-state index contributed by atoms with van der Waals surface area (Å²) in [4.78, 5) is 4.76. The smallest absolute Gasteiger partial charge is 0.0593 e. The number of rotatable bonds is 8. The molecule has 1 heterocycles. The number of aliphatic hydroxyl groups is 1. The van der Waals surface area contributed by atoms with E-state index in [0.29, 0.717) is 0 Å². The summed E-state index contributed by atoms with van der Waals surface area (Å²) in [6, 6.07) is 0. The third-order valence-corrected chi connectivity index (χ3v) is 3.08. The van der Waals surface area contributed by atoms with Crippen LogP contribution in [-0.2, 0) is 4.74 Å². The molecule has 0 aromatic rings. The van der Waals surface area contributed by atoms with E-state index in [2.05, 4.69) is 16.7 Å². The summed E-state index contributed by atoms with van der Waals surface area (Å²) in [7, 11) is 0. The van der Waals surface area contributed by atoms with E-state index in [9.17, 15) is 0 Å². The average Bonchev–Trinajstić information content (AvgIpc) is 2.31. The van der Waals surface area contributed by atoms with Crippen molar-refractivity contribution in [1.29, 1.82) is 0 Å². The highest BCUT2D eigenvalue weighted by molar-refractivity contribution is 4.71. The normalized spacial score (nSPS) is 19.1. The first-order valence-electron chi connectivity index (χ1n) is 6.50. The Hall–Kier alpha value is -0.160. The SMILES string of the molecule is CCCCOCCN1CCN(CCO)CC1. The minimum absolute atomic E-state index is 0.278. The van der Waals surface area contributed by atoms with Crippen molar-refractivity contribution in [2.24, 2.45) is 0 Å². The second kappa shape index (κ2) is 8.93. The summed E-state index contributed by atoms with van der Waals surface area (Å²) in [5, 5.41) is 8.83. The summed E-state index contributed by atoms with van der Waals surface area (Å²) >= 11 is 0. The highest BCUT2D eigenvalue weighted by atomic mass is 16.5. The molecule has 1 aliphatic heterocycles. The van der Waals surface area contributed by atoms with Gasteiger partial charge < -0.3 is 9.84 Å². The van der Waals surface area contributed by atoms with Crippen molar-refractivity contribution in [3.8, 4) is 0 Å². The molecule has 0 unspecified atom stereocenters. The predicted octanol–water partition coefficient (Wildman–Crippen LogP) is 0.413. The molecule has 0 amide bonds. The lowest BCUT2D eigenvalue weighted by Crippen LogP contribution is -2.47. The van der Waals surface area contributed by atoms with Crippen molar-refractivity contribution in [3.05, 3.63) is 0 Å². The number of ether oxygens (including phenoxy) is 1. The van der Waals surface area contributed by atoms with Gasteiger partial charge >= 0.3 is 0 Å². The van der Waals surface area contributed by atoms with Gasteiger partial charge in [-0.2, -0.15) is 0 Å². The second-order valence-electron chi connectivity index (χ2n) is 4.37. The largest absolute Gasteiger partial charge is 0.395 e. The van der Waals surface area contributed by atoms with Gasteiger partial charge in [-0.15, -0.1) is 0 Å². The summed E-state index contributed by atoms with van der Waals surface area (Å²) in [5.41, 5.74) is 0. The number of unbranched alkanes of at least 4 members (excludes halogenated alkanes) is 1. The summed E-state index contributed by atoms with van der Waals surface area (Å²) in [5.74, 6) is 0. The van der Waals surface area contributed by atoms with Gasteiger partial charge in [0.1, 0.15) is 0 Å². The highest BCUT2D eigenvalue weighted by Gasteiger charge is 2.15. The maximum atomic E-state index is 8.83. The molecule has 16 heavy (non-hydrogen) atoms. The van der Waals surface area contributed by atoms with Crippen LogP contribution in [0.4, 0.5) is 0 Å². The van der Waals surface area contributed by atoms with Gasteiger partial charge in [0.05, 0.1) is 13.2 Å². The molecular weight excluding hydrogens is 204 g/mol. The number of piperazine rings is 1. The van der Waals surface area contributed by atoms with Crippen LogP contribution in [0.1, 0.15) is 19.8 Å². The Morgan fingerprint density at radius 3 is 2.19 bits per heavy atom. The summed E-state index contributed by atoms with van der Waals surface area (Å²) < 4.78 is 5.56. The molecule has 1 fully saturated rings. The maximum Gasteiger partial charge on any atom is 0.0593 e. The van der Waals surface area contributed by atoms with E-state index in [1.807, 2.05) is 0 Å². The molecular formula is C12H26N2O2. The van der Waals surface area contributed by atoms with Crippen LogP contribution in [-0.4, -0.2) is 74.0 Å². The molecule has 0 radical (unpaired) electrons. The maximum absolute atomic E-state index is 8.83. The molecule has 4 nitrogen and oxygen atoms in total. The molecule has 0 atom stereocenters. The van der Waals surface area contributed by atoms with Gasteiger partial charge in [-0.25, -0.2) is 0 Å². The molecule has 1 N–H and O–H groups in total. The molecule has 4 heteroatoms. The van der Waals surface area contributed by atoms with E-state index >= 15 is 0 Å². The fourth-order valence-corrected chi connectivity index (χ4v) is 1.92. The standard InChI is InChI=1S/C12H26N2O2/c1-2-3-11-16-12-9-14-6-4-13(5-7-14)8-10-15/h15H,2-12H2,1H3. The first-order valence-corrected chi connectivity index (χ1v) is 6.50. The van der Waals surface area contributed by atoms with Crippen LogP contribution in [0.15, 0.2) is 0 Å². The van der Waals surface area contributed by atoms with Crippen molar-refractivity contribution in [2.75, 3.05) is 59.1 Å². The molecule has 0 saturated carbocycles. The van der Waals surface area contributed by atoms with E-state index in [0.717, 1.165) is 52.5 Å². The monoisotopic (exact) mass is 230 g/mol. The van der Waals surface area contributed by atoms with Gasteiger partial charge in [0.2, 0.25) is 0 Å². The van der Waals surface area contributed by atoms with Gasteiger partial charge in [0.15, 0.2) is 0 Å². The number of aliphatic hydroxyl groups excluding tert-OH is 1. The first kappa shape index (κ1) is 13.9. The molecule has 0 aliphatic carbocycles. The van der Waals surface area contributed by atoms with Crippen LogP contribution in [0.25, 0.3) is 0 Å². The average molecular weight is 230 g/mol. The summed E-state index contributed by atoms with van der Waals surface area (Å²) in [6.45, 7) is 10.5. The van der Waals surface area contributed by atoms with Crippen molar-refractivity contribution in [2.45, 2.75) is 19.8 Å². The summed E-state index contributed by atoms with van der Waals surface area (Å²) in [6.07, 6.45) is 2.38. The van der Waals surface area contributed by atoms with Gasteiger partial charge in [-0.1, -0.05) is 13.3 Å². The number of nitrogens with zero attached hydrogens (tertiary/aromatic N) is 2. The molecule has 0 spiro atoms. The quantitative estimate of drug-likeness (QED) is 0.613. The molecule has 0 aromatic carbocycles. The third-order valence-electron chi connectivity index (χ3n) is 3.08. The minimum atomic E-state index is 0.278. The molecule has 96 valence electrons. The molecule has 0 bridgehead atoms. The molecule has 0 aromatic heterocycles. The van der Waals surface area contributed by atoms with Crippen LogP contribution in [0.5, 0.6) is 0 Å². The Morgan fingerprint density at radius 1 is 1.00 bits per heavy atom. The third kappa shape index (κ3) is 5.80. The van der Waals surface area contributed by atoms with E-state index in [1.165, 1.54) is 12.8 Å². The minimum Gasteiger partial charge on any atom is -0.395 e. The van der Waals surface area contributed by atoms with Crippen LogP contribution in [0.2, 0.25) is 0 Å². The topological polar surface area (TPSA) is 35.9 Å². The second-order valence-corrected chi connectivity index (χ2v) is 4.37. The van der Waals surface area contributed by atoms with Gasteiger partial charge in [0, 0.05) is 45.9 Å². The van der Waals surface area contributed by atoms with Crippen molar-refractivity contribution in [3.63, 3.8) is 0 Å². The number of hydrogen-bond acceptors (Lipinski definition) is 4. The van der Waals surface area contributed by atoms with Gasteiger partial charge in [-0.3, -0.25) is 9.80 Å². The van der Waals surface area contributed by atoms with E-state index in [4.69, 9.17) is 9.84 Å². The van der Waals surface area contributed by atoms with Crippen LogP contribution in [0.3, 0.4) is 0 Å². The Morgan fingerprint density at radius 2 is 1.62 bits per heavy atom. The Bertz CT molecular complexity index is 159. The van der Waals surface area contributed by atoms with Crippen LogP contribution in [0, 0.1) is 0 Å². The van der Waals surface area contributed by atoms with Gasteiger partial charge in [0.25, 0.3) is 0 Å². The lowest BCUT2D eigenvalue weighted by molar-refractivity contribution is 0.0690. The zero-order valence-corrected chi connectivity index (χ0v) is 10.5. The molecule has 1 aliphatic rings. The van der Waals surface area contributed by atoms with Crippen molar-refractivity contribution >= 4 is 0 Å². The molecule has 1 saturated heterocycles. The lowest BCUT2D eigenvalue weighted by Gasteiger charge is -2.34. The zero-order valence-electron chi connectivity index (χ0n) is 10.5. The van der Waals surface area contributed by atoms with Crippen molar-refractivity contribution < 1.29 is 9.84 Å². The lowest BCUT2D eigenvalue weighted by atomic mass is 10.3. The van der Waals surface area contributed by atoms with Crippen molar-refractivity contribution in [1.82, 2.24) is 9.80 Å². The Kier molecular flexibility index (Phi) is 7.76. The number of hydrogen-bond donors (Lipinski definition) is 1. The fraction of sp³-hybridized carbons (Fsp3) is 1.00. The number of β-amino-alcohol motifs (C(OH)–C–C–N with tert-alkyl or cyclic N) is 1. The first-order chi connectivity index (χ1) is 7.86. The van der Waals surface area contributed by atoms with E-state index in [-0.39, 0.29) is 6.61 Å². The van der Waals surface area contributed by atoms with Crippen LogP contribution < -0.4 is 0 Å². The Balaban J connectivity index is 1.95.